The van der Waals surface area contributed by atoms with Gasteiger partial charge in [-0.2, -0.15) is 0 Å². The molecule has 0 aliphatic carbocycles. The zero-order valence-electron chi connectivity index (χ0n) is 15.3. The van der Waals surface area contributed by atoms with E-state index in [9.17, 15) is 9.59 Å². The minimum absolute atomic E-state index is 0.0677. The molecule has 0 aromatic rings. The van der Waals surface area contributed by atoms with Crippen molar-refractivity contribution >= 4 is 34.7 Å². The van der Waals surface area contributed by atoms with Gasteiger partial charge in [-0.15, -0.1) is 0 Å². The quantitative estimate of drug-likeness (QED) is 0.343. The van der Waals surface area contributed by atoms with Crippen LogP contribution in [-0.2, 0) is 19.0 Å². The number of carbonyl (C=O) groups excluding carboxylic acids is 2. The fourth-order valence-electron chi connectivity index (χ4n) is 1.64. The highest BCUT2D eigenvalue weighted by Gasteiger charge is 2.34. The molecule has 0 spiro atoms. The van der Waals surface area contributed by atoms with Gasteiger partial charge in [-0.25, -0.2) is 9.59 Å². The summed E-state index contributed by atoms with van der Waals surface area (Å²) in [6, 6.07) is -0.821. The summed E-state index contributed by atoms with van der Waals surface area (Å²) in [5.41, 5.74) is -1.06. The molecule has 6 nitrogen and oxygen atoms in total. The molecule has 0 N–H and O–H groups in total. The summed E-state index contributed by atoms with van der Waals surface area (Å²) < 4.78 is 16.9. The van der Waals surface area contributed by atoms with Crippen molar-refractivity contribution in [3.63, 3.8) is 0 Å². The van der Waals surface area contributed by atoms with Crippen LogP contribution in [0, 0.1) is 0 Å². The van der Waals surface area contributed by atoms with Crippen molar-refractivity contribution in [2.24, 2.45) is 0 Å². The molecule has 23 heavy (non-hydrogen) atoms. The number of nitrogens with zero attached hydrogens (tertiary/aromatic N) is 1. The minimum atomic E-state index is -0.821. The average molecular weight is 443 g/mol. The molecule has 0 saturated heterocycles. The largest absolute Gasteiger partial charge is 0.464 e. The lowest BCUT2D eigenvalue weighted by atomic mass is 10.2. The second-order valence-electron chi connectivity index (χ2n) is 7.05. The number of amides is 1. The van der Waals surface area contributed by atoms with Gasteiger partial charge >= 0.3 is 12.1 Å². The maximum absolute atomic E-state index is 12.5. The molecule has 0 radical (unpaired) electrons. The Balaban J connectivity index is 5.29. The van der Waals surface area contributed by atoms with Gasteiger partial charge in [0.1, 0.15) is 5.60 Å². The maximum Gasteiger partial charge on any atom is 0.411 e. The van der Waals surface area contributed by atoms with Crippen molar-refractivity contribution in [3.8, 4) is 0 Å². The zero-order chi connectivity index (χ0) is 18.3. The summed E-state index contributed by atoms with van der Waals surface area (Å²) in [5, 5.41) is 0. The predicted molar refractivity (Wildman–Crippen MR) is 98.0 cm³/mol. The molecule has 0 fully saturated rings. The van der Waals surface area contributed by atoms with E-state index in [0.29, 0.717) is 11.0 Å². The molecule has 0 aromatic carbocycles. The van der Waals surface area contributed by atoms with E-state index in [-0.39, 0.29) is 13.2 Å². The summed E-state index contributed by atoms with van der Waals surface area (Å²) in [6.07, 6.45) is -0.537. The minimum Gasteiger partial charge on any atom is -0.464 e. The van der Waals surface area contributed by atoms with Crippen LogP contribution in [0.5, 0.6) is 0 Å². The Bertz CT molecular complexity index is 387. The lowest BCUT2D eigenvalue weighted by Gasteiger charge is -2.33. The van der Waals surface area contributed by atoms with Crippen LogP contribution >= 0.6 is 22.6 Å². The zero-order valence-corrected chi connectivity index (χ0v) is 17.4. The summed E-state index contributed by atoms with van der Waals surface area (Å²) in [4.78, 5) is 26.1. The summed E-state index contributed by atoms with van der Waals surface area (Å²) in [6.45, 7) is 13.5. The summed E-state index contributed by atoms with van der Waals surface area (Å²) in [7, 11) is 0. The van der Waals surface area contributed by atoms with Gasteiger partial charge in [-0.05, 0) is 48.5 Å². The van der Waals surface area contributed by atoms with E-state index < -0.39 is 29.3 Å². The molecule has 0 unspecified atom stereocenters. The highest BCUT2D eigenvalue weighted by molar-refractivity contribution is 14.1. The SMILES string of the molecule is CCOC(=O)[C@H](COC(C)(C)C)N(CCI)C(=O)OC(C)(C)C. The third-order valence-electron chi connectivity index (χ3n) is 2.56. The van der Waals surface area contributed by atoms with Gasteiger partial charge < -0.3 is 14.2 Å². The van der Waals surface area contributed by atoms with Crippen molar-refractivity contribution in [1.29, 1.82) is 0 Å². The van der Waals surface area contributed by atoms with Crippen LogP contribution in [0.1, 0.15) is 48.5 Å². The third-order valence-corrected chi connectivity index (χ3v) is 3.04. The first-order valence-corrected chi connectivity index (χ1v) is 9.30. The van der Waals surface area contributed by atoms with Crippen LogP contribution in [0.4, 0.5) is 4.79 Å². The van der Waals surface area contributed by atoms with Crippen LogP contribution in [0.25, 0.3) is 0 Å². The lowest BCUT2D eigenvalue weighted by Crippen LogP contribution is -2.51. The smallest absolute Gasteiger partial charge is 0.411 e. The molecular weight excluding hydrogens is 413 g/mol. The fraction of sp³-hybridized carbons (Fsp3) is 0.875. The Kier molecular flexibility index (Phi) is 9.42. The van der Waals surface area contributed by atoms with Gasteiger partial charge in [0.2, 0.25) is 0 Å². The monoisotopic (exact) mass is 443 g/mol. The predicted octanol–water partition coefficient (Wildman–Crippen LogP) is 3.41. The highest BCUT2D eigenvalue weighted by Crippen LogP contribution is 2.16. The number of halogens is 1. The lowest BCUT2D eigenvalue weighted by molar-refractivity contribution is -0.153. The second kappa shape index (κ2) is 9.66. The van der Waals surface area contributed by atoms with Crippen LogP contribution in [0.15, 0.2) is 0 Å². The van der Waals surface area contributed by atoms with Crippen molar-refractivity contribution < 1.29 is 23.8 Å². The topological polar surface area (TPSA) is 65.1 Å². The van der Waals surface area contributed by atoms with E-state index in [1.165, 1.54) is 4.90 Å². The molecule has 0 bridgehead atoms. The van der Waals surface area contributed by atoms with Gasteiger partial charge in [-0.3, -0.25) is 4.90 Å². The molecule has 1 amide bonds. The summed E-state index contributed by atoms with van der Waals surface area (Å²) >= 11 is 2.15. The Hall–Kier alpha value is -0.570. The number of hydrogen-bond donors (Lipinski definition) is 0. The van der Waals surface area contributed by atoms with Crippen molar-refractivity contribution in [3.05, 3.63) is 0 Å². The van der Waals surface area contributed by atoms with E-state index in [0.717, 1.165) is 0 Å². The Morgan fingerprint density at radius 1 is 1.09 bits per heavy atom. The number of ether oxygens (including phenoxy) is 3. The standard InChI is InChI=1S/C16H30INO5/c1-8-21-13(19)12(11-22-15(2,3)4)18(10-9-17)14(20)23-16(5,6)7/h12H,8-11H2,1-7H3/t12-/m0/s1. The van der Waals surface area contributed by atoms with E-state index >= 15 is 0 Å². The van der Waals surface area contributed by atoms with Gasteiger partial charge in [0.15, 0.2) is 6.04 Å². The first kappa shape index (κ1) is 22.4. The number of carbonyl (C=O) groups is 2. The van der Waals surface area contributed by atoms with Crippen LogP contribution in [0.3, 0.4) is 0 Å². The molecule has 0 saturated carbocycles. The second-order valence-corrected chi connectivity index (χ2v) is 8.13. The molecule has 0 aliphatic heterocycles. The van der Waals surface area contributed by atoms with Gasteiger partial charge in [0.25, 0.3) is 0 Å². The fourth-order valence-corrected chi connectivity index (χ4v) is 2.16. The maximum atomic E-state index is 12.5. The molecule has 0 aromatic heterocycles. The van der Waals surface area contributed by atoms with Crippen LogP contribution < -0.4 is 0 Å². The third kappa shape index (κ3) is 10.0. The number of alkyl halides is 1. The molecule has 7 heteroatoms. The first-order valence-electron chi connectivity index (χ1n) is 7.77. The number of esters is 1. The van der Waals surface area contributed by atoms with Gasteiger partial charge in [0.05, 0.1) is 18.8 Å². The van der Waals surface area contributed by atoms with E-state index in [1.54, 1.807) is 27.7 Å². The van der Waals surface area contributed by atoms with Gasteiger partial charge in [-0.1, -0.05) is 22.6 Å². The van der Waals surface area contributed by atoms with E-state index in [1.807, 2.05) is 20.8 Å². The Labute approximate surface area is 153 Å². The molecular formula is C16H30INO5. The Morgan fingerprint density at radius 2 is 1.65 bits per heavy atom. The normalized spacial score (nSPS) is 13.4. The van der Waals surface area contributed by atoms with E-state index in [4.69, 9.17) is 14.2 Å². The molecule has 0 heterocycles. The van der Waals surface area contributed by atoms with Crippen molar-refractivity contribution in [2.75, 3.05) is 24.2 Å². The molecule has 0 aliphatic rings. The van der Waals surface area contributed by atoms with Crippen molar-refractivity contribution in [1.82, 2.24) is 4.90 Å². The summed E-state index contributed by atoms with van der Waals surface area (Å²) in [5.74, 6) is -0.479. The van der Waals surface area contributed by atoms with E-state index in [2.05, 4.69) is 22.6 Å². The number of hydrogen-bond acceptors (Lipinski definition) is 5. The van der Waals surface area contributed by atoms with Crippen molar-refractivity contribution in [2.45, 2.75) is 65.7 Å². The molecule has 0 rings (SSSR count). The average Bonchev–Trinajstić information content (AvgIpc) is 2.34. The highest BCUT2D eigenvalue weighted by atomic mass is 127. The molecule has 1 atom stereocenters. The Morgan fingerprint density at radius 3 is 2.04 bits per heavy atom. The first-order chi connectivity index (χ1) is 10.4. The van der Waals surface area contributed by atoms with Crippen LogP contribution in [-0.4, -0.2) is 58.4 Å². The van der Waals surface area contributed by atoms with Gasteiger partial charge in [0, 0.05) is 11.0 Å². The number of rotatable bonds is 7. The molecule has 136 valence electrons. The van der Waals surface area contributed by atoms with Crippen LogP contribution in [0.2, 0.25) is 0 Å².